The van der Waals surface area contributed by atoms with Crippen molar-refractivity contribution < 1.29 is 18.7 Å². The number of rotatable bonds is 3. The highest BCUT2D eigenvalue weighted by molar-refractivity contribution is 7.18. The molecule has 0 spiro atoms. The number of amides is 1. The molecular formula is C17H11ClFN3O3S. The summed E-state index contributed by atoms with van der Waals surface area (Å²) in [5.74, 6) is 0.166. The number of halogens is 2. The lowest BCUT2D eigenvalue weighted by atomic mass is 10.2. The van der Waals surface area contributed by atoms with E-state index < -0.39 is 17.8 Å². The summed E-state index contributed by atoms with van der Waals surface area (Å²) in [5, 5.41) is 11.3. The maximum absolute atomic E-state index is 14.0. The van der Waals surface area contributed by atoms with Gasteiger partial charge in [0, 0.05) is 10.6 Å². The third-order valence-corrected chi connectivity index (χ3v) is 4.72. The van der Waals surface area contributed by atoms with Gasteiger partial charge in [-0.1, -0.05) is 35.1 Å². The molecule has 1 aromatic heterocycles. The number of carbonyl (C=O) groups excluding carboxylic acids is 1. The molecule has 26 heavy (non-hydrogen) atoms. The second-order valence-electron chi connectivity index (χ2n) is 5.39. The molecule has 0 saturated carbocycles. The van der Waals surface area contributed by atoms with Gasteiger partial charge in [0.2, 0.25) is 11.2 Å². The Bertz CT molecular complexity index is 981. The second-order valence-corrected chi connectivity index (χ2v) is 6.80. The molecule has 4 rings (SSSR count). The van der Waals surface area contributed by atoms with Gasteiger partial charge in [-0.3, -0.25) is 10.1 Å². The van der Waals surface area contributed by atoms with Gasteiger partial charge < -0.3 is 9.47 Å². The standard InChI is InChI=1S/C17H11ClFN3O3S/c18-9-5-6-10(11(19)7-9)16-21-22-17(26-16)20-15(23)14-8-24-12-3-1-2-4-13(12)25-14/h1-7,14H,8H2,(H,20,22,23)/t14-/m0/s1. The van der Waals surface area contributed by atoms with Crippen LogP contribution >= 0.6 is 22.9 Å². The SMILES string of the molecule is O=C(Nc1nnc(-c2ccc(Cl)cc2F)s1)[C@@H]1COc2ccccc2O1. The summed E-state index contributed by atoms with van der Waals surface area (Å²) in [7, 11) is 0. The number of anilines is 1. The summed E-state index contributed by atoms with van der Waals surface area (Å²) in [6.07, 6.45) is -0.815. The molecule has 132 valence electrons. The zero-order valence-electron chi connectivity index (χ0n) is 13.1. The fraction of sp³-hybridized carbons (Fsp3) is 0.118. The van der Waals surface area contributed by atoms with Crippen molar-refractivity contribution in [3.8, 4) is 22.1 Å². The van der Waals surface area contributed by atoms with Crippen molar-refractivity contribution in [1.29, 1.82) is 0 Å². The maximum Gasteiger partial charge on any atom is 0.270 e. The number of nitrogens with zero attached hydrogens (tertiary/aromatic N) is 2. The number of ether oxygens (including phenoxy) is 2. The lowest BCUT2D eigenvalue weighted by Crippen LogP contribution is -2.40. The zero-order chi connectivity index (χ0) is 18.1. The highest BCUT2D eigenvalue weighted by Gasteiger charge is 2.28. The van der Waals surface area contributed by atoms with Gasteiger partial charge >= 0.3 is 0 Å². The van der Waals surface area contributed by atoms with Crippen molar-refractivity contribution >= 4 is 34.0 Å². The van der Waals surface area contributed by atoms with Crippen LogP contribution in [0.15, 0.2) is 42.5 Å². The first-order valence-corrected chi connectivity index (χ1v) is 8.78. The summed E-state index contributed by atoms with van der Waals surface area (Å²) in [5.41, 5.74) is 0.263. The van der Waals surface area contributed by atoms with Gasteiger partial charge in [-0.15, -0.1) is 10.2 Å². The molecule has 2 heterocycles. The highest BCUT2D eigenvalue weighted by atomic mass is 35.5. The molecule has 0 radical (unpaired) electrons. The van der Waals surface area contributed by atoms with E-state index in [1.54, 1.807) is 24.3 Å². The quantitative estimate of drug-likeness (QED) is 0.735. The summed E-state index contributed by atoms with van der Waals surface area (Å²) < 4.78 is 25.1. The van der Waals surface area contributed by atoms with Gasteiger partial charge in [-0.2, -0.15) is 0 Å². The largest absolute Gasteiger partial charge is 0.485 e. The Morgan fingerprint density at radius 1 is 1.23 bits per heavy atom. The Kier molecular flexibility index (Phi) is 4.44. The van der Waals surface area contributed by atoms with Crippen LogP contribution in [0.25, 0.3) is 10.6 Å². The van der Waals surface area contributed by atoms with Gasteiger partial charge in [0.05, 0.1) is 0 Å². The van der Waals surface area contributed by atoms with Crippen molar-refractivity contribution in [3.63, 3.8) is 0 Å². The van der Waals surface area contributed by atoms with E-state index >= 15 is 0 Å². The van der Waals surface area contributed by atoms with Crippen molar-refractivity contribution in [3.05, 3.63) is 53.3 Å². The van der Waals surface area contributed by atoms with Crippen molar-refractivity contribution in [2.24, 2.45) is 0 Å². The molecule has 1 N–H and O–H groups in total. The van der Waals surface area contributed by atoms with E-state index in [9.17, 15) is 9.18 Å². The van der Waals surface area contributed by atoms with Crippen LogP contribution in [0.5, 0.6) is 11.5 Å². The Hall–Kier alpha value is -2.71. The average Bonchev–Trinajstić information content (AvgIpc) is 3.09. The number of nitrogens with one attached hydrogen (secondary N) is 1. The Morgan fingerprint density at radius 2 is 2.04 bits per heavy atom. The monoisotopic (exact) mass is 391 g/mol. The van der Waals surface area contributed by atoms with Crippen LogP contribution in [0.3, 0.4) is 0 Å². The Balaban J connectivity index is 1.47. The van der Waals surface area contributed by atoms with E-state index in [1.165, 1.54) is 12.1 Å². The first kappa shape index (κ1) is 16.7. The van der Waals surface area contributed by atoms with Gasteiger partial charge in [-0.25, -0.2) is 4.39 Å². The summed E-state index contributed by atoms with van der Waals surface area (Å²) in [6, 6.07) is 11.4. The number of para-hydroxylation sites is 2. The van der Waals surface area contributed by atoms with Crippen LogP contribution in [0.2, 0.25) is 5.02 Å². The molecule has 0 bridgehead atoms. The molecular weight excluding hydrogens is 381 g/mol. The first-order chi connectivity index (χ1) is 12.6. The van der Waals surface area contributed by atoms with Crippen LogP contribution in [0, 0.1) is 5.82 Å². The normalized spacial score (nSPS) is 15.5. The Morgan fingerprint density at radius 3 is 2.85 bits per heavy atom. The van der Waals surface area contributed by atoms with Crippen molar-refractivity contribution in [2.45, 2.75) is 6.10 Å². The van der Waals surface area contributed by atoms with E-state index in [0.29, 0.717) is 21.5 Å². The number of hydrogen-bond acceptors (Lipinski definition) is 6. The van der Waals surface area contributed by atoms with E-state index in [2.05, 4.69) is 15.5 Å². The van der Waals surface area contributed by atoms with E-state index in [-0.39, 0.29) is 17.3 Å². The first-order valence-electron chi connectivity index (χ1n) is 7.58. The second kappa shape index (κ2) is 6.89. The zero-order valence-corrected chi connectivity index (χ0v) is 14.7. The minimum absolute atomic E-state index is 0.0837. The lowest BCUT2D eigenvalue weighted by Gasteiger charge is -2.25. The average molecular weight is 392 g/mol. The highest BCUT2D eigenvalue weighted by Crippen LogP contribution is 2.32. The van der Waals surface area contributed by atoms with Gasteiger partial charge in [0.1, 0.15) is 12.4 Å². The summed E-state index contributed by atoms with van der Waals surface area (Å²) in [4.78, 5) is 12.4. The number of hydrogen-bond donors (Lipinski definition) is 1. The smallest absolute Gasteiger partial charge is 0.270 e. The lowest BCUT2D eigenvalue weighted by molar-refractivity contribution is -0.125. The fourth-order valence-electron chi connectivity index (χ4n) is 2.38. The van der Waals surface area contributed by atoms with Crippen LogP contribution in [-0.2, 0) is 4.79 Å². The molecule has 0 unspecified atom stereocenters. The number of fused-ring (bicyclic) bond motifs is 1. The van der Waals surface area contributed by atoms with Crippen LogP contribution in [0.1, 0.15) is 0 Å². The number of carbonyl (C=O) groups is 1. The van der Waals surface area contributed by atoms with Gasteiger partial charge in [0.15, 0.2) is 16.5 Å². The minimum Gasteiger partial charge on any atom is -0.485 e. The van der Waals surface area contributed by atoms with E-state index in [1.807, 2.05) is 6.07 Å². The predicted molar refractivity (Wildman–Crippen MR) is 95.3 cm³/mol. The van der Waals surface area contributed by atoms with E-state index in [4.69, 9.17) is 21.1 Å². The molecule has 9 heteroatoms. The Labute approximate surface area is 156 Å². The molecule has 1 aliphatic rings. The molecule has 3 aromatic rings. The molecule has 1 aliphatic heterocycles. The molecule has 1 amide bonds. The third-order valence-electron chi connectivity index (χ3n) is 3.62. The summed E-state index contributed by atoms with van der Waals surface area (Å²) >= 11 is 6.80. The molecule has 0 saturated heterocycles. The fourth-order valence-corrected chi connectivity index (χ4v) is 3.31. The van der Waals surface area contributed by atoms with Crippen molar-refractivity contribution in [2.75, 3.05) is 11.9 Å². The van der Waals surface area contributed by atoms with E-state index in [0.717, 1.165) is 11.3 Å². The topological polar surface area (TPSA) is 73.3 Å². The molecule has 6 nitrogen and oxygen atoms in total. The van der Waals surface area contributed by atoms with Gasteiger partial charge in [-0.05, 0) is 30.3 Å². The van der Waals surface area contributed by atoms with Crippen LogP contribution in [0.4, 0.5) is 9.52 Å². The molecule has 1 atom stereocenters. The van der Waals surface area contributed by atoms with Crippen LogP contribution in [-0.4, -0.2) is 28.8 Å². The maximum atomic E-state index is 14.0. The molecule has 0 fully saturated rings. The summed E-state index contributed by atoms with van der Waals surface area (Å²) in [6.45, 7) is 0.0837. The molecule has 2 aromatic carbocycles. The minimum atomic E-state index is -0.815. The number of aromatic nitrogens is 2. The molecule has 0 aliphatic carbocycles. The number of benzene rings is 2. The van der Waals surface area contributed by atoms with Crippen LogP contribution < -0.4 is 14.8 Å². The van der Waals surface area contributed by atoms with Crippen molar-refractivity contribution in [1.82, 2.24) is 10.2 Å². The third kappa shape index (κ3) is 3.33. The van der Waals surface area contributed by atoms with Gasteiger partial charge in [0.25, 0.3) is 5.91 Å². The predicted octanol–water partition coefficient (Wildman–Crippen LogP) is 3.78.